The predicted molar refractivity (Wildman–Crippen MR) is 63.6 cm³/mol. The van der Waals surface area contributed by atoms with Gasteiger partial charge in [0.1, 0.15) is 11.7 Å². The van der Waals surface area contributed by atoms with Crippen molar-refractivity contribution in [3.63, 3.8) is 0 Å². The highest BCUT2D eigenvalue weighted by molar-refractivity contribution is 6.31. The van der Waals surface area contributed by atoms with Gasteiger partial charge in [-0.3, -0.25) is 5.41 Å². The first-order valence-corrected chi connectivity index (χ1v) is 5.81. The van der Waals surface area contributed by atoms with E-state index in [0.29, 0.717) is 16.4 Å². The zero-order chi connectivity index (χ0) is 11.5. The van der Waals surface area contributed by atoms with Crippen molar-refractivity contribution in [1.82, 2.24) is 4.90 Å². The number of halogens is 2. The van der Waals surface area contributed by atoms with E-state index >= 15 is 0 Å². The minimum Gasteiger partial charge on any atom is -0.360 e. The first-order valence-electron chi connectivity index (χ1n) is 5.44. The maximum absolute atomic E-state index is 13.5. The average Bonchev–Trinajstić information content (AvgIpc) is 2.76. The molecule has 0 amide bonds. The van der Waals surface area contributed by atoms with Crippen LogP contribution in [0.25, 0.3) is 0 Å². The van der Waals surface area contributed by atoms with Gasteiger partial charge in [-0.05, 0) is 25.0 Å². The van der Waals surface area contributed by atoms with Crippen LogP contribution in [0, 0.1) is 11.2 Å². The summed E-state index contributed by atoms with van der Waals surface area (Å²) in [5.41, 5.74) is 0.432. The molecule has 1 heterocycles. The molecule has 86 valence electrons. The lowest BCUT2D eigenvalue weighted by Gasteiger charge is -2.18. The van der Waals surface area contributed by atoms with Crippen LogP contribution in [0.15, 0.2) is 18.2 Å². The standard InChI is InChI=1S/C12H14ClFN2/c13-10-4-3-5-11(14)9(10)8-12(15)16-6-1-2-7-16/h3-5,15H,1-2,6-8H2. The summed E-state index contributed by atoms with van der Waals surface area (Å²) < 4.78 is 13.5. The number of likely N-dealkylation sites (tertiary alicyclic amines) is 1. The summed E-state index contributed by atoms with van der Waals surface area (Å²) in [6.07, 6.45) is 2.52. The quantitative estimate of drug-likeness (QED) is 0.624. The molecular weight excluding hydrogens is 227 g/mol. The fourth-order valence-corrected chi connectivity index (χ4v) is 2.20. The number of nitrogens with one attached hydrogen (secondary N) is 1. The Morgan fingerprint density at radius 2 is 2.06 bits per heavy atom. The summed E-state index contributed by atoms with van der Waals surface area (Å²) in [6.45, 7) is 1.82. The molecule has 0 atom stereocenters. The SMILES string of the molecule is N=C(Cc1c(F)cccc1Cl)N1CCCC1. The predicted octanol–water partition coefficient (Wildman–Crippen LogP) is 3.09. The molecular formula is C12H14ClFN2. The van der Waals surface area contributed by atoms with Crippen molar-refractivity contribution < 1.29 is 4.39 Å². The average molecular weight is 241 g/mol. The smallest absolute Gasteiger partial charge is 0.128 e. The van der Waals surface area contributed by atoms with Crippen molar-refractivity contribution in [2.24, 2.45) is 0 Å². The zero-order valence-corrected chi connectivity index (χ0v) is 9.73. The van der Waals surface area contributed by atoms with Gasteiger partial charge in [0.15, 0.2) is 0 Å². The van der Waals surface area contributed by atoms with Gasteiger partial charge in [-0.15, -0.1) is 0 Å². The van der Waals surface area contributed by atoms with Crippen LogP contribution in [0.4, 0.5) is 4.39 Å². The summed E-state index contributed by atoms with van der Waals surface area (Å²) in [4.78, 5) is 1.99. The lowest BCUT2D eigenvalue weighted by atomic mass is 10.1. The second-order valence-electron chi connectivity index (χ2n) is 4.02. The molecule has 4 heteroatoms. The van der Waals surface area contributed by atoms with Crippen molar-refractivity contribution in [1.29, 1.82) is 5.41 Å². The zero-order valence-electron chi connectivity index (χ0n) is 8.97. The molecule has 1 aliphatic rings. The van der Waals surface area contributed by atoms with Gasteiger partial charge >= 0.3 is 0 Å². The van der Waals surface area contributed by atoms with Crippen molar-refractivity contribution in [2.45, 2.75) is 19.3 Å². The van der Waals surface area contributed by atoms with Crippen LogP contribution in [0.1, 0.15) is 18.4 Å². The van der Waals surface area contributed by atoms with Gasteiger partial charge in [0, 0.05) is 30.1 Å². The lowest BCUT2D eigenvalue weighted by Crippen LogP contribution is -2.28. The van der Waals surface area contributed by atoms with Crippen LogP contribution in [0.5, 0.6) is 0 Å². The van der Waals surface area contributed by atoms with Gasteiger partial charge in [0.2, 0.25) is 0 Å². The Hall–Kier alpha value is -1.09. The normalized spacial score (nSPS) is 15.5. The molecule has 16 heavy (non-hydrogen) atoms. The molecule has 0 spiro atoms. The summed E-state index contributed by atoms with van der Waals surface area (Å²) in [5.74, 6) is 0.140. The van der Waals surface area contributed by atoms with E-state index in [-0.39, 0.29) is 12.2 Å². The topological polar surface area (TPSA) is 27.1 Å². The van der Waals surface area contributed by atoms with E-state index in [1.165, 1.54) is 6.07 Å². The molecule has 1 aliphatic heterocycles. The molecule has 0 saturated carbocycles. The van der Waals surface area contributed by atoms with Gasteiger partial charge in [0.05, 0.1) is 0 Å². The molecule has 2 rings (SSSR count). The Balaban J connectivity index is 2.11. The summed E-state index contributed by atoms with van der Waals surface area (Å²) in [7, 11) is 0. The van der Waals surface area contributed by atoms with E-state index in [4.69, 9.17) is 17.0 Å². The Morgan fingerprint density at radius 3 is 2.69 bits per heavy atom. The van der Waals surface area contributed by atoms with E-state index in [1.54, 1.807) is 12.1 Å². The van der Waals surface area contributed by atoms with Crippen molar-refractivity contribution >= 4 is 17.4 Å². The van der Waals surface area contributed by atoms with Crippen molar-refractivity contribution in [3.05, 3.63) is 34.6 Å². The van der Waals surface area contributed by atoms with Crippen LogP contribution in [0.2, 0.25) is 5.02 Å². The molecule has 1 aromatic carbocycles. The monoisotopic (exact) mass is 240 g/mol. The van der Waals surface area contributed by atoms with E-state index in [9.17, 15) is 4.39 Å². The highest BCUT2D eigenvalue weighted by Crippen LogP contribution is 2.21. The second kappa shape index (κ2) is 4.83. The highest BCUT2D eigenvalue weighted by Gasteiger charge is 2.17. The maximum Gasteiger partial charge on any atom is 0.128 e. The Labute approximate surface area is 99.5 Å². The molecule has 1 fully saturated rings. The molecule has 0 aliphatic carbocycles. The molecule has 0 bridgehead atoms. The summed E-state index contributed by atoms with van der Waals surface area (Å²) in [5, 5.41) is 8.32. The Morgan fingerprint density at radius 1 is 1.38 bits per heavy atom. The number of hydrogen-bond donors (Lipinski definition) is 1. The number of benzene rings is 1. The molecule has 0 radical (unpaired) electrons. The van der Waals surface area contributed by atoms with Crippen LogP contribution in [0.3, 0.4) is 0 Å². The third-order valence-electron chi connectivity index (χ3n) is 2.89. The third-order valence-corrected chi connectivity index (χ3v) is 3.25. The van der Waals surface area contributed by atoms with Gasteiger partial charge in [-0.1, -0.05) is 17.7 Å². The fourth-order valence-electron chi connectivity index (χ4n) is 1.97. The first kappa shape index (κ1) is 11.4. The minimum atomic E-state index is -0.323. The van der Waals surface area contributed by atoms with Crippen LogP contribution in [-0.4, -0.2) is 23.8 Å². The number of nitrogens with zero attached hydrogens (tertiary/aromatic N) is 1. The van der Waals surface area contributed by atoms with Gasteiger partial charge < -0.3 is 4.90 Å². The molecule has 2 nitrogen and oxygen atoms in total. The van der Waals surface area contributed by atoms with E-state index in [0.717, 1.165) is 25.9 Å². The number of rotatable bonds is 2. The Bertz CT molecular complexity index is 380. The van der Waals surface area contributed by atoms with E-state index < -0.39 is 0 Å². The van der Waals surface area contributed by atoms with Gasteiger partial charge in [-0.25, -0.2) is 4.39 Å². The molecule has 1 saturated heterocycles. The van der Waals surface area contributed by atoms with Crippen LogP contribution >= 0.6 is 11.6 Å². The fraction of sp³-hybridized carbons (Fsp3) is 0.417. The van der Waals surface area contributed by atoms with Crippen LogP contribution < -0.4 is 0 Å². The van der Waals surface area contributed by atoms with Gasteiger partial charge in [-0.2, -0.15) is 0 Å². The first-order chi connectivity index (χ1) is 7.68. The molecule has 1 aromatic rings. The number of hydrogen-bond acceptors (Lipinski definition) is 1. The van der Waals surface area contributed by atoms with Crippen LogP contribution in [-0.2, 0) is 6.42 Å². The van der Waals surface area contributed by atoms with Crippen molar-refractivity contribution in [3.8, 4) is 0 Å². The largest absolute Gasteiger partial charge is 0.360 e. The number of amidine groups is 1. The van der Waals surface area contributed by atoms with E-state index in [1.807, 2.05) is 4.90 Å². The maximum atomic E-state index is 13.5. The minimum absolute atomic E-state index is 0.283. The van der Waals surface area contributed by atoms with E-state index in [2.05, 4.69) is 0 Å². The van der Waals surface area contributed by atoms with Gasteiger partial charge in [0.25, 0.3) is 0 Å². The molecule has 0 aromatic heterocycles. The lowest BCUT2D eigenvalue weighted by molar-refractivity contribution is 0.504. The highest BCUT2D eigenvalue weighted by atomic mass is 35.5. The third kappa shape index (κ3) is 2.35. The molecule has 0 unspecified atom stereocenters. The Kier molecular flexibility index (Phi) is 3.44. The summed E-state index contributed by atoms with van der Waals surface area (Å²) in [6, 6.07) is 4.64. The second-order valence-corrected chi connectivity index (χ2v) is 4.43. The summed E-state index contributed by atoms with van der Waals surface area (Å²) >= 11 is 5.93. The molecule has 1 N–H and O–H groups in total. The van der Waals surface area contributed by atoms with Crippen molar-refractivity contribution in [2.75, 3.05) is 13.1 Å².